The van der Waals surface area contributed by atoms with E-state index in [1.165, 1.54) is 57.8 Å². The number of carbonyl (C=O) groups excluding carboxylic acids is 2. The topological polar surface area (TPSA) is 212 Å². The van der Waals surface area contributed by atoms with Crippen molar-refractivity contribution in [2.75, 3.05) is 13.2 Å². The average Bonchev–Trinajstić information content (AvgIpc) is 3.24. The lowest BCUT2D eigenvalue weighted by molar-refractivity contribution is -0.261. The van der Waals surface area contributed by atoms with Crippen LogP contribution in [-0.4, -0.2) is 93.4 Å². The van der Waals surface area contributed by atoms with Crippen LogP contribution in [-0.2, 0) is 32.7 Å². The minimum Gasteiger partial charge on any atom is -0.756 e. The molecular formula is C47H80O13P-. The van der Waals surface area contributed by atoms with Gasteiger partial charge in [0.1, 0.15) is 43.2 Å². The van der Waals surface area contributed by atoms with Gasteiger partial charge in [0.25, 0.3) is 7.82 Å². The Bertz CT molecular complexity index is 1300. The first-order valence-electron chi connectivity index (χ1n) is 23.1. The smallest absolute Gasteiger partial charge is 0.306 e. The Morgan fingerprint density at radius 2 is 0.918 bits per heavy atom. The van der Waals surface area contributed by atoms with Crippen molar-refractivity contribution in [3.8, 4) is 0 Å². The van der Waals surface area contributed by atoms with Gasteiger partial charge in [0.2, 0.25) is 0 Å². The van der Waals surface area contributed by atoms with Gasteiger partial charge in [0.15, 0.2) is 6.10 Å². The zero-order valence-electron chi connectivity index (χ0n) is 37.1. The summed E-state index contributed by atoms with van der Waals surface area (Å²) < 4.78 is 33.1. The van der Waals surface area contributed by atoms with E-state index in [1.54, 1.807) is 0 Å². The van der Waals surface area contributed by atoms with E-state index >= 15 is 0 Å². The molecule has 0 amide bonds. The normalized spacial score (nSPS) is 22.6. The highest BCUT2D eigenvalue weighted by Crippen LogP contribution is 2.43. The zero-order chi connectivity index (χ0) is 45.0. The molecule has 13 nitrogen and oxygen atoms in total. The summed E-state index contributed by atoms with van der Waals surface area (Å²) in [6.45, 7) is 3.11. The first kappa shape index (κ1) is 56.6. The molecule has 3 unspecified atom stereocenters. The van der Waals surface area contributed by atoms with Gasteiger partial charge in [-0.15, -0.1) is 0 Å². The van der Waals surface area contributed by atoms with Crippen molar-refractivity contribution < 1.29 is 63.1 Å². The highest BCUT2D eigenvalue weighted by molar-refractivity contribution is 7.45. The third-order valence-corrected chi connectivity index (χ3v) is 11.3. The summed E-state index contributed by atoms with van der Waals surface area (Å²) >= 11 is 0. The Morgan fingerprint density at radius 1 is 0.525 bits per heavy atom. The van der Waals surface area contributed by atoms with E-state index in [9.17, 15) is 44.6 Å². The molecule has 1 aliphatic carbocycles. The number of unbranched alkanes of at least 4 members (excludes halogenated alkanes) is 15. The molecule has 0 spiro atoms. The van der Waals surface area contributed by atoms with E-state index in [1.807, 2.05) is 12.2 Å². The van der Waals surface area contributed by atoms with E-state index in [0.29, 0.717) is 19.3 Å². The number of ether oxygens (including phenoxy) is 2. The Morgan fingerprint density at radius 3 is 1.46 bits per heavy atom. The second-order valence-corrected chi connectivity index (χ2v) is 17.2. The van der Waals surface area contributed by atoms with Crippen LogP contribution in [0.3, 0.4) is 0 Å². The van der Waals surface area contributed by atoms with E-state index in [0.717, 1.165) is 64.2 Å². The molecule has 1 fully saturated rings. The number of rotatable bonds is 37. The van der Waals surface area contributed by atoms with Gasteiger partial charge in [-0.3, -0.25) is 14.2 Å². The Kier molecular flexibility index (Phi) is 34.3. The van der Waals surface area contributed by atoms with Crippen LogP contribution in [0.1, 0.15) is 168 Å². The van der Waals surface area contributed by atoms with Crippen LogP contribution in [0.15, 0.2) is 60.8 Å². The predicted molar refractivity (Wildman–Crippen MR) is 237 cm³/mol. The molecule has 0 aromatic heterocycles. The third kappa shape index (κ3) is 29.5. The molecule has 0 saturated heterocycles. The Hall–Kier alpha value is -2.45. The number of carbonyl (C=O) groups is 2. The lowest BCUT2D eigenvalue weighted by Gasteiger charge is -2.43. The van der Waals surface area contributed by atoms with Crippen LogP contribution in [0.25, 0.3) is 0 Å². The summed E-state index contributed by atoms with van der Waals surface area (Å²) in [7, 11) is -5.39. The van der Waals surface area contributed by atoms with Gasteiger partial charge in [0.05, 0.1) is 6.61 Å². The Balaban J connectivity index is 2.52. The van der Waals surface area contributed by atoms with Crippen LogP contribution >= 0.6 is 7.82 Å². The van der Waals surface area contributed by atoms with E-state index in [4.69, 9.17) is 18.5 Å². The third-order valence-electron chi connectivity index (χ3n) is 10.3. The fourth-order valence-electron chi connectivity index (χ4n) is 6.56. The van der Waals surface area contributed by atoms with Crippen molar-refractivity contribution in [3.63, 3.8) is 0 Å². The van der Waals surface area contributed by atoms with Crippen LogP contribution < -0.4 is 4.89 Å². The fourth-order valence-corrected chi connectivity index (χ4v) is 7.52. The quantitative estimate of drug-likeness (QED) is 0.0172. The molecule has 1 rings (SSSR count). The number of aliphatic hydroxyl groups is 5. The number of hydrogen-bond acceptors (Lipinski definition) is 13. The van der Waals surface area contributed by atoms with Crippen molar-refractivity contribution in [2.45, 2.75) is 211 Å². The van der Waals surface area contributed by atoms with Gasteiger partial charge in [-0.1, -0.05) is 139 Å². The SMILES string of the molecule is CCCCC/C=C\C/C=C\C/C=C\C/C=C\CCCC(=O)O[C@H](COC(=O)CCCCCCC/C=C\CCCCCCCC)COP(=O)([O-])OC1[C@H](O)[C@H](O)C(O)[C@H](O)[C@H]1O. The maximum absolute atomic E-state index is 12.7. The monoisotopic (exact) mass is 884 g/mol. The number of hydrogen-bond donors (Lipinski definition) is 5. The molecule has 0 aromatic carbocycles. The molecule has 14 heteroatoms. The fraction of sp³-hybridized carbons (Fsp3) is 0.745. The summed E-state index contributed by atoms with van der Waals surface area (Å²) in [5.74, 6) is -1.21. The highest BCUT2D eigenvalue weighted by atomic mass is 31.2. The summed E-state index contributed by atoms with van der Waals surface area (Å²) in [5, 5.41) is 50.0. The lowest BCUT2D eigenvalue weighted by atomic mass is 9.85. The summed E-state index contributed by atoms with van der Waals surface area (Å²) in [4.78, 5) is 38.0. The summed E-state index contributed by atoms with van der Waals surface area (Å²) in [5.41, 5.74) is 0. The van der Waals surface area contributed by atoms with Crippen molar-refractivity contribution in [1.82, 2.24) is 0 Å². The number of phosphoric ester groups is 1. The van der Waals surface area contributed by atoms with Crippen molar-refractivity contribution >= 4 is 19.8 Å². The molecule has 352 valence electrons. The lowest BCUT2D eigenvalue weighted by Crippen LogP contribution is -2.64. The maximum Gasteiger partial charge on any atom is 0.306 e. The predicted octanol–water partition coefficient (Wildman–Crippen LogP) is 8.31. The molecule has 1 aliphatic rings. The first-order valence-corrected chi connectivity index (χ1v) is 24.5. The van der Waals surface area contributed by atoms with Crippen LogP contribution in [0.5, 0.6) is 0 Å². The standard InChI is InChI=1S/C47H81O13P/c1-3-5-7-9-11-13-15-17-19-20-22-24-26-28-30-32-34-36-41(49)59-39(38-58-61(55,56)60-47-45(53)43(51)42(50)44(52)46(47)54)37-57-40(48)35-33-31-29-27-25-23-21-18-16-14-12-10-8-6-4-2/h11,13,17-19,21-22,24,28,30,39,42-47,50-54H,3-10,12,14-16,20,23,25-27,29,31-38H2,1-2H3,(H,55,56)/p-1/b13-11-,19-17-,21-18-,24-22-,30-28-/t39-,42?,43-,44+,45-,46-,47?/m1/s1. The van der Waals surface area contributed by atoms with Gasteiger partial charge in [-0.05, 0) is 77.0 Å². The van der Waals surface area contributed by atoms with Crippen molar-refractivity contribution in [2.24, 2.45) is 0 Å². The average molecular weight is 884 g/mol. The van der Waals surface area contributed by atoms with Gasteiger partial charge in [0, 0.05) is 12.8 Å². The van der Waals surface area contributed by atoms with E-state index < -0.39 is 75.7 Å². The van der Waals surface area contributed by atoms with Crippen LogP contribution in [0.2, 0.25) is 0 Å². The Labute approximate surface area is 366 Å². The van der Waals surface area contributed by atoms with Crippen LogP contribution in [0.4, 0.5) is 0 Å². The summed E-state index contributed by atoms with van der Waals surface area (Å²) in [6.07, 6.45) is 30.9. The second-order valence-electron chi connectivity index (χ2n) is 15.9. The molecule has 0 radical (unpaired) electrons. The molecule has 5 N–H and O–H groups in total. The minimum absolute atomic E-state index is 0.00147. The number of aliphatic hydroxyl groups excluding tert-OH is 5. The number of esters is 2. The van der Waals surface area contributed by atoms with E-state index in [2.05, 4.69) is 62.5 Å². The molecule has 0 heterocycles. The summed E-state index contributed by atoms with van der Waals surface area (Å²) in [6, 6.07) is 0. The number of allylic oxidation sites excluding steroid dienone is 10. The first-order chi connectivity index (χ1) is 29.4. The van der Waals surface area contributed by atoms with Crippen LogP contribution in [0, 0.1) is 0 Å². The number of phosphoric acid groups is 1. The highest BCUT2D eigenvalue weighted by Gasteiger charge is 2.50. The molecule has 0 aliphatic heterocycles. The largest absolute Gasteiger partial charge is 0.756 e. The molecule has 8 atom stereocenters. The van der Waals surface area contributed by atoms with Gasteiger partial charge >= 0.3 is 11.9 Å². The molecule has 0 bridgehead atoms. The molecule has 61 heavy (non-hydrogen) atoms. The van der Waals surface area contributed by atoms with Gasteiger partial charge < -0.3 is 48.9 Å². The maximum atomic E-state index is 12.7. The van der Waals surface area contributed by atoms with E-state index in [-0.39, 0.29) is 12.8 Å². The van der Waals surface area contributed by atoms with Crippen molar-refractivity contribution in [3.05, 3.63) is 60.8 Å². The zero-order valence-corrected chi connectivity index (χ0v) is 38.0. The molecule has 0 aromatic rings. The second kappa shape index (κ2) is 37.0. The van der Waals surface area contributed by atoms with Gasteiger partial charge in [-0.2, -0.15) is 0 Å². The van der Waals surface area contributed by atoms with Crippen molar-refractivity contribution in [1.29, 1.82) is 0 Å². The minimum atomic E-state index is -5.39. The molecular weight excluding hydrogens is 803 g/mol. The molecule has 1 saturated carbocycles. The van der Waals surface area contributed by atoms with Gasteiger partial charge in [-0.25, -0.2) is 0 Å².